The normalized spacial score (nSPS) is 21.2. The van der Waals surface area contributed by atoms with Crippen molar-refractivity contribution in [1.82, 2.24) is 5.32 Å². The second-order valence-electron chi connectivity index (χ2n) is 4.74. The highest BCUT2D eigenvalue weighted by molar-refractivity contribution is 5.80. The second-order valence-corrected chi connectivity index (χ2v) is 4.74. The molecule has 0 saturated heterocycles. The number of nitrogens with one attached hydrogen (secondary N) is 1. The van der Waals surface area contributed by atoms with Crippen molar-refractivity contribution < 1.29 is 27.4 Å². The lowest BCUT2D eigenvalue weighted by atomic mass is 10.0. The van der Waals surface area contributed by atoms with Crippen molar-refractivity contribution in [2.24, 2.45) is 0 Å². The van der Waals surface area contributed by atoms with Gasteiger partial charge in [0.2, 0.25) is 0 Å². The van der Waals surface area contributed by atoms with Gasteiger partial charge in [0.05, 0.1) is 13.7 Å². The lowest BCUT2D eigenvalue weighted by molar-refractivity contribution is -0.219. The maximum Gasteiger partial charge on any atom is 0.414 e. The van der Waals surface area contributed by atoms with Crippen LogP contribution >= 0.6 is 0 Å². The molecule has 1 rings (SSSR count). The zero-order valence-electron chi connectivity index (χ0n) is 10.6. The molecule has 4 nitrogen and oxygen atoms in total. The largest absolute Gasteiger partial charge is 0.468 e. The van der Waals surface area contributed by atoms with E-state index in [1.807, 2.05) is 0 Å². The molecule has 1 aliphatic carbocycles. The van der Waals surface area contributed by atoms with Crippen LogP contribution in [0.5, 0.6) is 0 Å². The molecule has 2 atom stereocenters. The molecule has 2 unspecified atom stereocenters. The topological polar surface area (TPSA) is 47.6 Å². The first-order valence-electron chi connectivity index (χ1n) is 5.73. The van der Waals surface area contributed by atoms with E-state index in [1.165, 1.54) is 14.0 Å². The molecule has 0 amide bonds. The molecule has 0 aromatic carbocycles. The van der Waals surface area contributed by atoms with E-state index in [9.17, 15) is 18.0 Å². The van der Waals surface area contributed by atoms with Crippen LogP contribution in [0.4, 0.5) is 13.2 Å². The summed E-state index contributed by atoms with van der Waals surface area (Å²) < 4.78 is 46.3. The van der Waals surface area contributed by atoms with E-state index in [-0.39, 0.29) is 12.6 Å². The van der Waals surface area contributed by atoms with E-state index in [1.54, 1.807) is 0 Å². The predicted molar refractivity (Wildman–Crippen MR) is 58.0 cm³/mol. The standard InChI is InChI=1S/C11H18F3NO3/c1-7(11(12,13)14)18-6-10(2,9(16)17-3)15-8-4-5-8/h7-8,15H,4-6H2,1-3H3. The molecule has 7 heteroatoms. The van der Waals surface area contributed by atoms with Gasteiger partial charge in [0.25, 0.3) is 0 Å². The van der Waals surface area contributed by atoms with Crippen molar-refractivity contribution in [3.63, 3.8) is 0 Å². The maximum absolute atomic E-state index is 12.3. The molecule has 0 spiro atoms. The number of alkyl halides is 3. The van der Waals surface area contributed by atoms with Gasteiger partial charge in [-0.15, -0.1) is 0 Å². The summed E-state index contributed by atoms with van der Waals surface area (Å²) >= 11 is 0. The second kappa shape index (κ2) is 5.44. The third kappa shape index (κ3) is 4.13. The average Bonchev–Trinajstić information content (AvgIpc) is 3.07. The van der Waals surface area contributed by atoms with Gasteiger partial charge in [-0.05, 0) is 26.7 Å². The molecular weight excluding hydrogens is 251 g/mol. The highest BCUT2D eigenvalue weighted by atomic mass is 19.4. The Morgan fingerprint density at radius 1 is 1.44 bits per heavy atom. The lowest BCUT2D eigenvalue weighted by Crippen LogP contribution is -2.55. The summed E-state index contributed by atoms with van der Waals surface area (Å²) in [4.78, 5) is 11.6. The van der Waals surface area contributed by atoms with Crippen molar-refractivity contribution in [2.45, 2.75) is 50.6 Å². The number of carbonyl (C=O) groups excluding carboxylic acids is 1. The summed E-state index contributed by atoms with van der Waals surface area (Å²) in [5, 5.41) is 2.96. The van der Waals surface area contributed by atoms with Gasteiger partial charge in [0.1, 0.15) is 5.54 Å². The van der Waals surface area contributed by atoms with Crippen LogP contribution in [-0.4, -0.2) is 43.5 Å². The summed E-state index contributed by atoms with van der Waals surface area (Å²) in [7, 11) is 1.20. The van der Waals surface area contributed by atoms with E-state index in [0.29, 0.717) is 0 Å². The fraction of sp³-hybridized carbons (Fsp3) is 0.909. The van der Waals surface area contributed by atoms with Crippen LogP contribution in [0.2, 0.25) is 0 Å². The zero-order chi connectivity index (χ0) is 14.0. The first-order valence-corrected chi connectivity index (χ1v) is 5.73. The SMILES string of the molecule is COC(=O)C(C)(COC(C)C(F)(F)F)NC1CC1. The summed E-state index contributed by atoms with van der Waals surface area (Å²) in [6.45, 7) is 2.02. The minimum Gasteiger partial charge on any atom is -0.468 e. The molecule has 18 heavy (non-hydrogen) atoms. The van der Waals surface area contributed by atoms with Crippen molar-refractivity contribution >= 4 is 5.97 Å². The minimum absolute atomic E-state index is 0.152. The first kappa shape index (κ1) is 15.2. The lowest BCUT2D eigenvalue weighted by Gasteiger charge is -2.29. The Kier molecular flexibility index (Phi) is 4.61. The molecule has 0 aliphatic heterocycles. The third-order valence-electron chi connectivity index (χ3n) is 2.82. The van der Waals surface area contributed by atoms with Crippen LogP contribution in [0.3, 0.4) is 0 Å². The van der Waals surface area contributed by atoms with Crippen molar-refractivity contribution in [3.8, 4) is 0 Å². The van der Waals surface area contributed by atoms with Gasteiger partial charge in [0, 0.05) is 6.04 Å². The van der Waals surface area contributed by atoms with E-state index < -0.39 is 23.8 Å². The van der Waals surface area contributed by atoms with Crippen LogP contribution in [0.25, 0.3) is 0 Å². The molecule has 0 aromatic rings. The van der Waals surface area contributed by atoms with Crippen molar-refractivity contribution in [3.05, 3.63) is 0 Å². The van der Waals surface area contributed by atoms with Crippen LogP contribution in [-0.2, 0) is 14.3 Å². The Hall–Kier alpha value is -0.820. The van der Waals surface area contributed by atoms with Crippen LogP contribution < -0.4 is 5.32 Å². The Bertz CT molecular complexity index is 304. The summed E-state index contributed by atoms with van der Waals surface area (Å²) in [6.07, 6.45) is -4.54. The minimum atomic E-state index is -4.43. The van der Waals surface area contributed by atoms with E-state index in [4.69, 9.17) is 4.74 Å². The molecule has 106 valence electrons. The van der Waals surface area contributed by atoms with Crippen LogP contribution in [0, 0.1) is 0 Å². The molecule has 1 aliphatic rings. The molecule has 1 fully saturated rings. The molecule has 1 N–H and O–H groups in total. The predicted octanol–water partition coefficient (Wildman–Crippen LogP) is 1.64. The monoisotopic (exact) mass is 269 g/mol. The first-order chi connectivity index (χ1) is 8.19. The number of hydrogen-bond donors (Lipinski definition) is 1. The van der Waals surface area contributed by atoms with Crippen molar-refractivity contribution in [2.75, 3.05) is 13.7 Å². The van der Waals surface area contributed by atoms with Gasteiger partial charge in [-0.3, -0.25) is 5.32 Å². The Balaban J connectivity index is 2.58. The number of halogens is 3. The van der Waals surface area contributed by atoms with E-state index in [0.717, 1.165) is 19.8 Å². The number of hydrogen-bond acceptors (Lipinski definition) is 4. The van der Waals surface area contributed by atoms with Gasteiger partial charge < -0.3 is 9.47 Å². The van der Waals surface area contributed by atoms with E-state index in [2.05, 4.69) is 10.1 Å². The van der Waals surface area contributed by atoms with Gasteiger partial charge in [-0.1, -0.05) is 0 Å². The van der Waals surface area contributed by atoms with E-state index >= 15 is 0 Å². The smallest absolute Gasteiger partial charge is 0.414 e. The molecule has 0 aromatic heterocycles. The Morgan fingerprint density at radius 2 is 2.00 bits per heavy atom. The highest BCUT2D eigenvalue weighted by Crippen LogP contribution is 2.26. The Morgan fingerprint density at radius 3 is 2.39 bits per heavy atom. The molecular formula is C11H18F3NO3. The fourth-order valence-electron chi connectivity index (χ4n) is 1.45. The van der Waals surface area contributed by atoms with Gasteiger partial charge in [-0.25, -0.2) is 4.79 Å². The number of carbonyl (C=O) groups is 1. The molecule has 1 saturated carbocycles. The zero-order valence-corrected chi connectivity index (χ0v) is 10.6. The van der Waals surface area contributed by atoms with Gasteiger partial charge >= 0.3 is 12.1 Å². The van der Waals surface area contributed by atoms with Gasteiger partial charge in [-0.2, -0.15) is 13.2 Å². The maximum atomic E-state index is 12.3. The number of ether oxygens (including phenoxy) is 2. The molecule has 0 bridgehead atoms. The highest BCUT2D eigenvalue weighted by Gasteiger charge is 2.43. The summed E-state index contributed by atoms with van der Waals surface area (Å²) in [6, 6.07) is 0.152. The summed E-state index contributed by atoms with van der Waals surface area (Å²) in [5.41, 5.74) is -1.24. The fourth-order valence-corrected chi connectivity index (χ4v) is 1.45. The number of methoxy groups -OCH3 is 1. The third-order valence-corrected chi connectivity index (χ3v) is 2.82. The quantitative estimate of drug-likeness (QED) is 0.745. The van der Waals surface area contributed by atoms with Crippen LogP contribution in [0.1, 0.15) is 26.7 Å². The molecule has 0 heterocycles. The summed E-state index contributed by atoms with van der Waals surface area (Å²) in [5.74, 6) is -0.622. The number of rotatable bonds is 6. The van der Waals surface area contributed by atoms with Gasteiger partial charge in [0.15, 0.2) is 6.10 Å². The van der Waals surface area contributed by atoms with Crippen molar-refractivity contribution in [1.29, 1.82) is 0 Å². The number of esters is 1. The average molecular weight is 269 g/mol. The van der Waals surface area contributed by atoms with Crippen LogP contribution in [0.15, 0.2) is 0 Å². The molecule has 0 radical (unpaired) electrons. The Labute approximate surface area is 104 Å².